The smallest absolute Gasteiger partial charge is 0.317 e. The quantitative estimate of drug-likeness (QED) is 0.881. The highest BCUT2D eigenvalue weighted by Crippen LogP contribution is 2.15. The molecule has 6 nitrogen and oxygen atoms in total. The molecule has 1 saturated heterocycles. The van der Waals surface area contributed by atoms with Gasteiger partial charge in [0.15, 0.2) is 9.84 Å². The number of hydrogen-bond donors (Lipinski definition) is 1. The summed E-state index contributed by atoms with van der Waals surface area (Å²) in [5.41, 5.74) is 0. The molecule has 0 aliphatic carbocycles. The molecule has 19 heavy (non-hydrogen) atoms. The van der Waals surface area contributed by atoms with E-state index in [1.165, 1.54) is 6.26 Å². The SMILES string of the molecule is CS(=O)(=O)C1CCN(C(=O)NCCc2ccco2)C1. The molecule has 2 heterocycles. The number of carbonyl (C=O) groups is 1. The van der Waals surface area contributed by atoms with Gasteiger partial charge in [0.1, 0.15) is 5.76 Å². The number of carbonyl (C=O) groups excluding carboxylic acids is 1. The lowest BCUT2D eigenvalue weighted by Gasteiger charge is -2.16. The van der Waals surface area contributed by atoms with Crippen molar-refractivity contribution in [1.82, 2.24) is 10.2 Å². The van der Waals surface area contributed by atoms with Crippen LogP contribution in [0.2, 0.25) is 0 Å². The van der Waals surface area contributed by atoms with Crippen LogP contribution in [0.4, 0.5) is 4.79 Å². The summed E-state index contributed by atoms with van der Waals surface area (Å²) in [6.07, 6.45) is 3.96. The van der Waals surface area contributed by atoms with Crippen LogP contribution >= 0.6 is 0 Å². The lowest BCUT2D eigenvalue weighted by molar-refractivity contribution is 0.209. The van der Waals surface area contributed by atoms with Gasteiger partial charge < -0.3 is 14.6 Å². The van der Waals surface area contributed by atoms with Gasteiger partial charge in [-0.15, -0.1) is 0 Å². The van der Waals surface area contributed by atoms with Gasteiger partial charge in [-0.3, -0.25) is 0 Å². The van der Waals surface area contributed by atoms with E-state index in [1.54, 1.807) is 17.2 Å². The third-order valence-corrected chi connectivity index (χ3v) is 4.86. The van der Waals surface area contributed by atoms with Gasteiger partial charge >= 0.3 is 6.03 Å². The van der Waals surface area contributed by atoms with Crippen LogP contribution in [0.5, 0.6) is 0 Å². The monoisotopic (exact) mass is 286 g/mol. The third kappa shape index (κ3) is 3.73. The first kappa shape index (κ1) is 13.9. The van der Waals surface area contributed by atoms with E-state index >= 15 is 0 Å². The standard InChI is InChI=1S/C12H18N2O4S/c1-19(16,17)11-5-7-14(9-11)12(15)13-6-4-10-3-2-8-18-10/h2-3,8,11H,4-7,9H2,1H3,(H,13,15). The Bertz CT molecular complexity index is 524. The molecular formula is C12H18N2O4S. The highest BCUT2D eigenvalue weighted by Gasteiger charge is 2.32. The zero-order valence-electron chi connectivity index (χ0n) is 10.8. The molecule has 1 aliphatic heterocycles. The Kier molecular flexibility index (Phi) is 4.14. The summed E-state index contributed by atoms with van der Waals surface area (Å²) in [6, 6.07) is 3.44. The minimum absolute atomic E-state index is 0.210. The summed E-state index contributed by atoms with van der Waals surface area (Å²) in [4.78, 5) is 13.4. The number of furan rings is 1. The first-order valence-electron chi connectivity index (χ1n) is 6.21. The molecule has 0 saturated carbocycles. The van der Waals surface area contributed by atoms with Crippen molar-refractivity contribution in [1.29, 1.82) is 0 Å². The van der Waals surface area contributed by atoms with Crippen molar-refractivity contribution in [2.75, 3.05) is 25.9 Å². The maximum absolute atomic E-state index is 11.8. The summed E-state index contributed by atoms with van der Waals surface area (Å²) >= 11 is 0. The zero-order chi connectivity index (χ0) is 13.9. The van der Waals surface area contributed by atoms with Gasteiger partial charge in [0, 0.05) is 32.3 Å². The fraction of sp³-hybridized carbons (Fsp3) is 0.583. The van der Waals surface area contributed by atoms with E-state index in [0.29, 0.717) is 25.9 Å². The molecule has 1 unspecified atom stereocenters. The van der Waals surface area contributed by atoms with Gasteiger partial charge in [-0.25, -0.2) is 13.2 Å². The zero-order valence-corrected chi connectivity index (χ0v) is 11.6. The molecule has 1 aromatic heterocycles. The van der Waals surface area contributed by atoms with E-state index in [4.69, 9.17) is 4.42 Å². The molecule has 1 aliphatic rings. The second kappa shape index (κ2) is 5.64. The summed E-state index contributed by atoms with van der Waals surface area (Å²) in [5, 5.41) is 2.34. The molecule has 7 heteroatoms. The van der Waals surface area contributed by atoms with Gasteiger partial charge in [0.25, 0.3) is 0 Å². The molecule has 0 radical (unpaired) electrons. The third-order valence-electron chi connectivity index (χ3n) is 3.27. The summed E-state index contributed by atoms with van der Waals surface area (Å²) in [5.74, 6) is 0.815. The van der Waals surface area contributed by atoms with Crippen LogP contribution in [-0.4, -0.2) is 50.5 Å². The maximum atomic E-state index is 11.8. The summed E-state index contributed by atoms with van der Waals surface area (Å²) in [6.45, 7) is 1.25. The van der Waals surface area contributed by atoms with Crippen LogP contribution < -0.4 is 5.32 Å². The van der Waals surface area contributed by atoms with E-state index in [-0.39, 0.29) is 12.6 Å². The summed E-state index contributed by atoms with van der Waals surface area (Å²) < 4.78 is 28.0. The Labute approximate surface area is 112 Å². The van der Waals surface area contributed by atoms with E-state index in [9.17, 15) is 13.2 Å². The van der Waals surface area contributed by atoms with Crippen molar-refractivity contribution in [2.45, 2.75) is 18.1 Å². The van der Waals surface area contributed by atoms with Crippen molar-refractivity contribution in [3.8, 4) is 0 Å². The molecule has 106 valence electrons. The van der Waals surface area contributed by atoms with Crippen LogP contribution in [0.25, 0.3) is 0 Å². The highest BCUT2D eigenvalue weighted by atomic mass is 32.2. The van der Waals surface area contributed by atoms with Crippen LogP contribution in [0.15, 0.2) is 22.8 Å². The molecule has 1 atom stereocenters. The molecular weight excluding hydrogens is 268 g/mol. The van der Waals surface area contributed by atoms with Crippen molar-refractivity contribution in [3.05, 3.63) is 24.2 Å². The fourth-order valence-electron chi connectivity index (χ4n) is 2.12. The molecule has 0 aromatic carbocycles. The minimum Gasteiger partial charge on any atom is -0.469 e. The average molecular weight is 286 g/mol. The van der Waals surface area contributed by atoms with Gasteiger partial charge in [0.05, 0.1) is 11.5 Å². The minimum atomic E-state index is -3.06. The van der Waals surface area contributed by atoms with Crippen molar-refractivity contribution in [2.24, 2.45) is 0 Å². The topological polar surface area (TPSA) is 79.6 Å². The first-order valence-corrected chi connectivity index (χ1v) is 8.16. The van der Waals surface area contributed by atoms with Crippen LogP contribution in [0.1, 0.15) is 12.2 Å². The second-order valence-electron chi connectivity index (χ2n) is 4.75. The van der Waals surface area contributed by atoms with Gasteiger partial charge in [-0.1, -0.05) is 0 Å². The lowest BCUT2D eigenvalue weighted by Crippen LogP contribution is -2.40. The highest BCUT2D eigenvalue weighted by molar-refractivity contribution is 7.91. The van der Waals surface area contributed by atoms with Crippen LogP contribution in [0.3, 0.4) is 0 Å². The average Bonchev–Trinajstić information content (AvgIpc) is 2.99. The first-order chi connectivity index (χ1) is 8.97. The predicted molar refractivity (Wildman–Crippen MR) is 70.6 cm³/mol. The van der Waals surface area contributed by atoms with Crippen LogP contribution in [-0.2, 0) is 16.3 Å². The Balaban J connectivity index is 1.75. The number of hydrogen-bond acceptors (Lipinski definition) is 4. The Hall–Kier alpha value is -1.50. The number of amides is 2. The van der Waals surface area contributed by atoms with E-state index in [1.807, 2.05) is 6.07 Å². The lowest BCUT2D eigenvalue weighted by atomic mass is 10.3. The van der Waals surface area contributed by atoms with Crippen molar-refractivity contribution >= 4 is 15.9 Å². The van der Waals surface area contributed by atoms with E-state index < -0.39 is 15.1 Å². The molecule has 0 spiro atoms. The van der Waals surface area contributed by atoms with E-state index in [0.717, 1.165) is 5.76 Å². The number of sulfone groups is 1. The molecule has 2 rings (SSSR count). The number of nitrogens with one attached hydrogen (secondary N) is 1. The van der Waals surface area contributed by atoms with Crippen molar-refractivity contribution in [3.63, 3.8) is 0 Å². The Morgan fingerprint density at radius 3 is 2.95 bits per heavy atom. The molecule has 1 N–H and O–H groups in total. The summed E-state index contributed by atoms with van der Waals surface area (Å²) in [7, 11) is -3.06. The van der Waals surface area contributed by atoms with Crippen LogP contribution in [0, 0.1) is 0 Å². The second-order valence-corrected chi connectivity index (χ2v) is 7.07. The molecule has 0 bridgehead atoms. The Morgan fingerprint density at radius 1 is 1.58 bits per heavy atom. The van der Waals surface area contributed by atoms with Gasteiger partial charge in [-0.2, -0.15) is 0 Å². The molecule has 1 fully saturated rings. The van der Waals surface area contributed by atoms with E-state index in [2.05, 4.69) is 5.32 Å². The number of likely N-dealkylation sites (tertiary alicyclic amines) is 1. The fourth-order valence-corrected chi connectivity index (χ4v) is 3.11. The molecule has 2 amide bonds. The predicted octanol–water partition coefficient (Wildman–Crippen LogP) is 0.651. The van der Waals surface area contributed by atoms with Gasteiger partial charge in [-0.05, 0) is 18.6 Å². The Morgan fingerprint density at radius 2 is 2.37 bits per heavy atom. The number of urea groups is 1. The normalized spacial score (nSPS) is 19.6. The largest absolute Gasteiger partial charge is 0.469 e. The number of rotatable bonds is 4. The molecule has 1 aromatic rings. The maximum Gasteiger partial charge on any atom is 0.317 e. The van der Waals surface area contributed by atoms with Crippen molar-refractivity contribution < 1.29 is 17.6 Å². The van der Waals surface area contributed by atoms with Gasteiger partial charge in [0.2, 0.25) is 0 Å². The number of nitrogens with zero attached hydrogens (tertiary/aromatic N) is 1.